The van der Waals surface area contributed by atoms with Crippen LogP contribution in [-0.2, 0) is 11.3 Å². The van der Waals surface area contributed by atoms with E-state index >= 15 is 0 Å². The lowest BCUT2D eigenvalue weighted by molar-refractivity contribution is -0.123. The Balaban J connectivity index is 1.58. The summed E-state index contributed by atoms with van der Waals surface area (Å²) in [6, 6.07) is 9.98. The molecule has 5 nitrogen and oxygen atoms in total. The highest BCUT2D eigenvalue weighted by Crippen LogP contribution is 2.15. The summed E-state index contributed by atoms with van der Waals surface area (Å²) in [5.41, 5.74) is 1.19. The van der Waals surface area contributed by atoms with Crippen LogP contribution in [0.5, 0.6) is 0 Å². The second-order valence-electron chi connectivity index (χ2n) is 5.81. The molecule has 26 heavy (non-hydrogen) atoms. The van der Waals surface area contributed by atoms with Gasteiger partial charge < -0.3 is 15.5 Å². The summed E-state index contributed by atoms with van der Waals surface area (Å²) in [5.74, 6) is -1.08. The molecule has 0 saturated heterocycles. The first kappa shape index (κ1) is 17.6. The molecule has 2 aromatic carbocycles. The van der Waals surface area contributed by atoms with Gasteiger partial charge in [-0.2, -0.15) is 0 Å². The number of nitrogens with one attached hydrogen (secondary N) is 2. The van der Waals surface area contributed by atoms with E-state index in [1.807, 2.05) is 0 Å². The van der Waals surface area contributed by atoms with Crippen LogP contribution in [-0.4, -0.2) is 29.4 Å². The molecule has 1 aliphatic rings. The number of amides is 3. The van der Waals surface area contributed by atoms with Crippen LogP contribution in [0.1, 0.15) is 5.56 Å². The zero-order valence-corrected chi connectivity index (χ0v) is 13.8. The fourth-order valence-electron chi connectivity index (χ4n) is 2.58. The van der Waals surface area contributed by atoms with Crippen molar-refractivity contribution in [2.24, 2.45) is 0 Å². The number of hydrogen-bond acceptors (Lipinski definition) is 2. The van der Waals surface area contributed by atoms with Crippen LogP contribution in [0.3, 0.4) is 0 Å². The third-order valence-corrected chi connectivity index (χ3v) is 3.96. The molecule has 0 saturated carbocycles. The molecule has 1 aliphatic heterocycles. The van der Waals surface area contributed by atoms with Crippen molar-refractivity contribution in [1.82, 2.24) is 10.2 Å². The lowest BCUT2D eigenvalue weighted by atomic mass is 10.2. The fraction of sp³-hybridized carbons (Fsp3) is 0.158. The van der Waals surface area contributed by atoms with Crippen molar-refractivity contribution >= 4 is 17.6 Å². The van der Waals surface area contributed by atoms with Gasteiger partial charge in [0.15, 0.2) is 0 Å². The molecule has 0 bridgehead atoms. The fourth-order valence-corrected chi connectivity index (χ4v) is 2.58. The van der Waals surface area contributed by atoms with E-state index in [4.69, 9.17) is 0 Å². The predicted molar refractivity (Wildman–Crippen MR) is 93.3 cm³/mol. The molecule has 0 fully saturated rings. The summed E-state index contributed by atoms with van der Waals surface area (Å²) in [7, 11) is 0. The van der Waals surface area contributed by atoms with Gasteiger partial charge in [0, 0.05) is 18.8 Å². The van der Waals surface area contributed by atoms with Gasteiger partial charge in [0.1, 0.15) is 17.7 Å². The van der Waals surface area contributed by atoms with Gasteiger partial charge in [0.05, 0.1) is 0 Å². The number of urea groups is 1. The van der Waals surface area contributed by atoms with Gasteiger partial charge in [-0.15, -0.1) is 0 Å². The predicted octanol–water partition coefficient (Wildman–Crippen LogP) is 3.05. The monoisotopic (exact) mass is 357 g/mol. The highest BCUT2D eigenvalue weighted by molar-refractivity contribution is 5.95. The van der Waals surface area contributed by atoms with Gasteiger partial charge in [-0.25, -0.2) is 13.6 Å². The number of anilines is 1. The molecule has 0 unspecified atom stereocenters. The maximum atomic E-state index is 12.9. The van der Waals surface area contributed by atoms with Crippen molar-refractivity contribution in [2.45, 2.75) is 12.6 Å². The van der Waals surface area contributed by atoms with Crippen molar-refractivity contribution in [1.29, 1.82) is 0 Å². The Morgan fingerprint density at radius 3 is 2.27 bits per heavy atom. The van der Waals surface area contributed by atoms with E-state index < -0.39 is 17.9 Å². The average molecular weight is 357 g/mol. The first-order valence-electron chi connectivity index (χ1n) is 8.05. The minimum Gasteiger partial charge on any atom is -0.350 e. The summed E-state index contributed by atoms with van der Waals surface area (Å²) in [6.07, 6.45) is 3.37. The number of benzene rings is 2. The van der Waals surface area contributed by atoms with Crippen LogP contribution in [0.15, 0.2) is 60.7 Å². The lowest BCUT2D eigenvalue weighted by Gasteiger charge is -2.24. The van der Waals surface area contributed by atoms with E-state index in [1.165, 1.54) is 41.3 Å². The van der Waals surface area contributed by atoms with Gasteiger partial charge in [0.25, 0.3) is 0 Å². The second kappa shape index (κ2) is 7.77. The van der Waals surface area contributed by atoms with E-state index in [0.717, 1.165) is 5.56 Å². The molecule has 3 rings (SSSR count). The van der Waals surface area contributed by atoms with E-state index in [2.05, 4.69) is 10.6 Å². The summed E-state index contributed by atoms with van der Waals surface area (Å²) >= 11 is 0. The number of halogens is 2. The minimum atomic E-state index is -0.740. The third kappa shape index (κ3) is 4.24. The van der Waals surface area contributed by atoms with Crippen molar-refractivity contribution in [3.05, 3.63) is 77.9 Å². The second-order valence-corrected chi connectivity index (χ2v) is 5.81. The van der Waals surface area contributed by atoms with Crippen molar-refractivity contribution < 1.29 is 18.4 Å². The first-order valence-corrected chi connectivity index (χ1v) is 8.05. The molecule has 134 valence electrons. The molecule has 3 amide bonds. The normalized spacial score (nSPS) is 15.8. The molecule has 0 aromatic heterocycles. The molecule has 1 atom stereocenters. The Bertz CT molecular complexity index is 820. The summed E-state index contributed by atoms with van der Waals surface area (Å²) in [5, 5.41) is 5.37. The van der Waals surface area contributed by atoms with Crippen LogP contribution in [0.2, 0.25) is 0 Å². The van der Waals surface area contributed by atoms with E-state index in [1.54, 1.807) is 24.3 Å². The maximum absolute atomic E-state index is 12.9. The Morgan fingerprint density at radius 2 is 1.62 bits per heavy atom. The topological polar surface area (TPSA) is 61.4 Å². The molecule has 2 N–H and O–H groups in total. The number of rotatable bonds is 4. The number of nitrogens with zero attached hydrogens (tertiary/aromatic N) is 1. The van der Waals surface area contributed by atoms with Gasteiger partial charge >= 0.3 is 6.03 Å². The number of carbonyl (C=O) groups is 2. The molecular formula is C19H17F2N3O2. The standard InChI is InChI=1S/C19H17F2N3O2/c20-14-5-3-13(4-6-14)12-22-18(25)17-2-1-11-24(17)19(26)23-16-9-7-15(21)8-10-16/h1-10,17H,11-12H2,(H,22,25)(H,23,26)/t17-/m0/s1. The zero-order valence-electron chi connectivity index (χ0n) is 13.8. The molecule has 0 radical (unpaired) electrons. The molecule has 2 aromatic rings. The maximum Gasteiger partial charge on any atom is 0.323 e. The Kier molecular flexibility index (Phi) is 5.26. The molecule has 0 aliphatic carbocycles. The smallest absolute Gasteiger partial charge is 0.323 e. The summed E-state index contributed by atoms with van der Waals surface area (Å²) in [6.45, 7) is 0.526. The van der Waals surface area contributed by atoms with Gasteiger partial charge in [-0.05, 0) is 42.0 Å². The Hall–Kier alpha value is -3.22. The van der Waals surface area contributed by atoms with E-state index in [0.29, 0.717) is 12.2 Å². The van der Waals surface area contributed by atoms with Crippen LogP contribution >= 0.6 is 0 Å². The van der Waals surface area contributed by atoms with Crippen molar-refractivity contribution in [3.8, 4) is 0 Å². The van der Waals surface area contributed by atoms with Crippen LogP contribution in [0.25, 0.3) is 0 Å². The van der Waals surface area contributed by atoms with Gasteiger partial charge in [-0.3, -0.25) is 4.79 Å². The molecular weight excluding hydrogens is 340 g/mol. The Labute approximate surface area is 149 Å². The zero-order chi connectivity index (χ0) is 18.5. The molecule has 1 heterocycles. The Morgan fingerprint density at radius 1 is 1.00 bits per heavy atom. The van der Waals surface area contributed by atoms with Gasteiger partial charge in [-0.1, -0.05) is 24.3 Å². The molecule has 0 spiro atoms. The minimum absolute atomic E-state index is 0.233. The van der Waals surface area contributed by atoms with Gasteiger partial charge in [0.2, 0.25) is 5.91 Å². The van der Waals surface area contributed by atoms with E-state index in [-0.39, 0.29) is 18.3 Å². The lowest BCUT2D eigenvalue weighted by Crippen LogP contribution is -2.47. The van der Waals surface area contributed by atoms with Crippen LogP contribution in [0.4, 0.5) is 19.3 Å². The highest BCUT2D eigenvalue weighted by Gasteiger charge is 2.30. The van der Waals surface area contributed by atoms with Crippen molar-refractivity contribution in [2.75, 3.05) is 11.9 Å². The first-order chi connectivity index (χ1) is 12.5. The average Bonchev–Trinajstić information content (AvgIpc) is 3.13. The molecule has 7 heteroatoms. The van der Waals surface area contributed by atoms with E-state index in [9.17, 15) is 18.4 Å². The largest absolute Gasteiger partial charge is 0.350 e. The number of hydrogen-bond donors (Lipinski definition) is 2. The van der Waals surface area contributed by atoms with Crippen molar-refractivity contribution in [3.63, 3.8) is 0 Å². The SMILES string of the molecule is O=C(NCc1ccc(F)cc1)[C@@H]1C=CCN1C(=O)Nc1ccc(F)cc1. The highest BCUT2D eigenvalue weighted by atomic mass is 19.1. The summed E-state index contributed by atoms with van der Waals surface area (Å²) in [4.78, 5) is 26.1. The number of carbonyl (C=O) groups excluding carboxylic acids is 2. The summed E-state index contributed by atoms with van der Waals surface area (Å²) < 4.78 is 25.8. The van der Waals surface area contributed by atoms with Crippen LogP contribution < -0.4 is 10.6 Å². The third-order valence-electron chi connectivity index (χ3n) is 3.96. The quantitative estimate of drug-likeness (QED) is 0.826. The van der Waals surface area contributed by atoms with Crippen LogP contribution in [0, 0.1) is 11.6 Å².